The van der Waals surface area contributed by atoms with Gasteiger partial charge in [0.25, 0.3) is 5.91 Å². The Morgan fingerprint density at radius 2 is 2.00 bits per heavy atom. The summed E-state index contributed by atoms with van der Waals surface area (Å²) in [4.78, 5) is 13.1. The van der Waals surface area contributed by atoms with Crippen molar-refractivity contribution in [1.82, 2.24) is 0 Å². The molecule has 0 aliphatic carbocycles. The van der Waals surface area contributed by atoms with Crippen molar-refractivity contribution in [3.63, 3.8) is 0 Å². The monoisotopic (exact) mass is 367 g/mol. The van der Waals surface area contributed by atoms with Crippen LogP contribution in [0.4, 0.5) is 10.1 Å². The van der Waals surface area contributed by atoms with Crippen molar-refractivity contribution in [2.24, 2.45) is 0 Å². The van der Waals surface area contributed by atoms with Crippen molar-refractivity contribution in [1.29, 1.82) is 0 Å². The number of hydrogen-bond acceptors (Lipinski definition) is 3. The molecule has 25 heavy (non-hydrogen) atoms. The van der Waals surface area contributed by atoms with Gasteiger partial charge in [0.2, 0.25) is 0 Å². The molecule has 2 rings (SSSR count). The number of rotatable bonds is 7. The van der Waals surface area contributed by atoms with E-state index in [1.54, 1.807) is 14.2 Å². The molecule has 2 N–H and O–H groups in total. The zero-order valence-electron chi connectivity index (χ0n) is 14.4. The summed E-state index contributed by atoms with van der Waals surface area (Å²) >= 11 is 5.83. The third-order valence-electron chi connectivity index (χ3n) is 3.64. The lowest BCUT2D eigenvalue weighted by Crippen LogP contribution is -3.08. The third-order valence-corrected chi connectivity index (χ3v) is 3.88. The fourth-order valence-corrected chi connectivity index (χ4v) is 2.71. The van der Waals surface area contributed by atoms with Gasteiger partial charge in [0.1, 0.15) is 12.4 Å². The van der Waals surface area contributed by atoms with Crippen LogP contribution in [-0.4, -0.2) is 33.7 Å². The lowest BCUT2D eigenvalue weighted by Gasteiger charge is -2.17. The van der Waals surface area contributed by atoms with Crippen molar-refractivity contribution in [2.45, 2.75) is 6.54 Å². The highest BCUT2D eigenvalue weighted by Gasteiger charge is 2.17. The average Bonchev–Trinajstić information content (AvgIpc) is 2.57. The number of nitrogens with one attached hydrogen (secondary N) is 2. The van der Waals surface area contributed by atoms with Crippen LogP contribution in [0.25, 0.3) is 0 Å². The summed E-state index contributed by atoms with van der Waals surface area (Å²) in [6.45, 7) is 0.706. The smallest absolute Gasteiger partial charge is 0.279 e. The van der Waals surface area contributed by atoms with Gasteiger partial charge in [0.15, 0.2) is 18.0 Å². The van der Waals surface area contributed by atoms with Crippen LogP contribution in [0.5, 0.6) is 11.5 Å². The van der Waals surface area contributed by atoms with E-state index in [1.165, 1.54) is 18.2 Å². The second-order valence-corrected chi connectivity index (χ2v) is 6.07. The number of carbonyl (C=O) groups excluding carboxylic acids is 1. The summed E-state index contributed by atoms with van der Waals surface area (Å²) < 4.78 is 24.4. The van der Waals surface area contributed by atoms with Gasteiger partial charge in [0, 0.05) is 5.02 Å². The quantitative estimate of drug-likeness (QED) is 0.788. The second kappa shape index (κ2) is 8.69. The number of hydrogen-bond donors (Lipinski definition) is 2. The minimum Gasteiger partial charge on any atom is -0.493 e. The molecular formula is C18H21ClFN2O3+. The van der Waals surface area contributed by atoms with Gasteiger partial charge >= 0.3 is 0 Å². The van der Waals surface area contributed by atoms with E-state index in [0.717, 1.165) is 10.5 Å². The van der Waals surface area contributed by atoms with Gasteiger partial charge in [-0.15, -0.1) is 0 Å². The number of para-hydroxylation sites is 1. The van der Waals surface area contributed by atoms with Crippen molar-refractivity contribution < 1.29 is 23.6 Å². The maximum atomic E-state index is 13.7. The first kappa shape index (κ1) is 19.0. The molecular weight excluding hydrogens is 347 g/mol. The molecule has 2 aromatic rings. The zero-order chi connectivity index (χ0) is 18.4. The SMILES string of the molecule is COc1cccc(C[NH+](C)CC(=O)Nc2cc(Cl)ccc2F)c1OC. The minimum absolute atomic E-state index is 0.0734. The van der Waals surface area contributed by atoms with Crippen molar-refractivity contribution >= 4 is 23.2 Å². The van der Waals surface area contributed by atoms with Crippen LogP contribution in [0.3, 0.4) is 0 Å². The second-order valence-electron chi connectivity index (χ2n) is 5.64. The third kappa shape index (κ3) is 5.08. The normalized spacial score (nSPS) is 11.7. The number of likely N-dealkylation sites (N-methyl/N-ethyl adjacent to an activating group) is 1. The predicted molar refractivity (Wildman–Crippen MR) is 95.0 cm³/mol. The Balaban J connectivity index is 2.01. The highest BCUT2D eigenvalue weighted by molar-refractivity contribution is 6.30. The number of anilines is 1. The van der Waals surface area contributed by atoms with Crippen LogP contribution < -0.4 is 19.7 Å². The van der Waals surface area contributed by atoms with Gasteiger partial charge in [-0.1, -0.05) is 17.7 Å². The van der Waals surface area contributed by atoms with Crippen molar-refractivity contribution in [3.05, 3.63) is 52.8 Å². The summed E-state index contributed by atoms with van der Waals surface area (Å²) in [6.07, 6.45) is 0. The molecule has 0 radical (unpaired) electrons. The van der Waals surface area contributed by atoms with E-state index in [-0.39, 0.29) is 18.1 Å². The number of carbonyl (C=O) groups is 1. The molecule has 0 saturated carbocycles. The first-order chi connectivity index (χ1) is 11.9. The Labute approximate surface area is 151 Å². The Bertz CT molecular complexity index is 755. The van der Waals surface area contributed by atoms with E-state index in [0.29, 0.717) is 23.1 Å². The summed E-state index contributed by atoms with van der Waals surface area (Å²) in [5, 5.41) is 2.90. The molecule has 1 atom stereocenters. The molecule has 0 fully saturated rings. The molecule has 134 valence electrons. The molecule has 0 heterocycles. The molecule has 1 amide bonds. The van der Waals surface area contributed by atoms with E-state index < -0.39 is 5.82 Å². The maximum absolute atomic E-state index is 13.7. The molecule has 0 aliphatic heterocycles. The van der Waals surface area contributed by atoms with E-state index in [2.05, 4.69) is 5.32 Å². The summed E-state index contributed by atoms with van der Waals surface area (Å²) in [5.41, 5.74) is 0.991. The number of benzene rings is 2. The number of ether oxygens (including phenoxy) is 2. The molecule has 0 aromatic heterocycles. The molecule has 7 heteroatoms. The lowest BCUT2D eigenvalue weighted by atomic mass is 10.1. The molecule has 0 spiro atoms. The fourth-order valence-electron chi connectivity index (χ4n) is 2.54. The van der Waals surface area contributed by atoms with Gasteiger partial charge in [-0.3, -0.25) is 4.79 Å². The van der Waals surface area contributed by atoms with Crippen molar-refractivity contribution in [3.8, 4) is 11.5 Å². The highest BCUT2D eigenvalue weighted by Crippen LogP contribution is 2.30. The van der Waals surface area contributed by atoms with Crippen LogP contribution in [-0.2, 0) is 11.3 Å². The molecule has 1 unspecified atom stereocenters. The van der Waals surface area contributed by atoms with Gasteiger partial charge in [0.05, 0.1) is 32.5 Å². The molecule has 5 nitrogen and oxygen atoms in total. The average molecular weight is 368 g/mol. The van der Waals surface area contributed by atoms with Crippen LogP contribution >= 0.6 is 11.6 Å². The number of halogens is 2. The zero-order valence-corrected chi connectivity index (χ0v) is 15.1. The highest BCUT2D eigenvalue weighted by atomic mass is 35.5. The Morgan fingerprint density at radius 3 is 2.68 bits per heavy atom. The molecule has 0 saturated heterocycles. The van der Waals surface area contributed by atoms with E-state index in [4.69, 9.17) is 21.1 Å². The van der Waals surface area contributed by atoms with Crippen LogP contribution in [0.15, 0.2) is 36.4 Å². The summed E-state index contributed by atoms with van der Waals surface area (Å²) in [5.74, 6) is 0.453. The summed E-state index contributed by atoms with van der Waals surface area (Å²) in [7, 11) is 5.02. The molecule has 2 aromatic carbocycles. The number of amides is 1. The van der Waals surface area contributed by atoms with Crippen molar-refractivity contribution in [2.75, 3.05) is 33.1 Å². The minimum atomic E-state index is -0.523. The fraction of sp³-hybridized carbons (Fsp3) is 0.278. The van der Waals surface area contributed by atoms with Crippen LogP contribution in [0.2, 0.25) is 5.02 Å². The van der Waals surface area contributed by atoms with Gasteiger partial charge in [-0.05, 0) is 30.3 Å². The van der Waals surface area contributed by atoms with Gasteiger partial charge < -0.3 is 19.7 Å². The predicted octanol–water partition coefficient (Wildman–Crippen LogP) is 2.15. The first-order valence-electron chi connectivity index (χ1n) is 7.70. The van der Waals surface area contributed by atoms with E-state index >= 15 is 0 Å². The maximum Gasteiger partial charge on any atom is 0.279 e. The Kier molecular flexibility index (Phi) is 6.61. The summed E-state index contributed by atoms with van der Waals surface area (Å²) in [6, 6.07) is 9.63. The number of methoxy groups -OCH3 is 2. The topological polar surface area (TPSA) is 52.0 Å². The van der Waals surface area contributed by atoms with Gasteiger partial charge in [-0.2, -0.15) is 0 Å². The van der Waals surface area contributed by atoms with Crippen LogP contribution in [0.1, 0.15) is 5.56 Å². The van der Waals surface area contributed by atoms with Crippen LogP contribution in [0, 0.1) is 5.82 Å². The Hall–Kier alpha value is -2.31. The van der Waals surface area contributed by atoms with E-state index in [1.807, 2.05) is 25.2 Å². The number of quaternary nitrogens is 1. The largest absolute Gasteiger partial charge is 0.493 e. The lowest BCUT2D eigenvalue weighted by molar-refractivity contribution is -0.885. The van der Waals surface area contributed by atoms with E-state index in [9.17, 15) is 9.18 Å². The Morgan fingerprint density at radius 1 is 1.24 bits per heavy atom. The standard InChI is InChI=1S/C18H20ClFN2O3/c1-22(10-12-5-4-6-16(24-2)18(12)25-3)11-17(23)21-15-9-13(19)7-8-14(15)20/h4-9H,10-11H2,1-3H3,(H,21,23)/p+1. The molecule has 0 aliphatic rings. The molecule has 0 bridgehead atoms. The van der Waals surface area contributed by atoms with Gasteiger partial charge in [-0.25, -0.2) is 4.39 Å². The first-order valence-corrected chi connectivity index (χ1v) is 8.08.